The zero-order valence-electron chi connectivity index (χ0n) is 35.9. The molecule has 3 N–H and O–H groups in total. The Kier molecular flexibility index (Phi) is 11.2. The average molecular weight is 850 g/mol. The fourth-order valence-electron chi connectivity index (χ4n) is 9.00. The van der Waals surface area contributed by atoms with Gasteiger partial charge in [0.05, 0.1) is 16.6 Å². The number of nitrogens with one attached hydrogen (secondary N) is 1. The van der Waals surface area contributed by atoms with Gasteiger partial charge in [0.25, 0.3) is 5.91 Å². The first kappa shape index (κ1) is 41.4. The predicted octanol–water partition coefficient (Wildman–Crippen LogP) is 7.12. The molecule has 1 atom stereocenters. The van der Waals surface area contributed by atoms with Crippen LogP contribution in [0.3, 0.4) is 0 Å². The molecular formula is C48H51N9O6. The third kappa shape index (κ3) is 8.00. The summed E-state index contributed by atoms with van der Waals surface area (Å²) >= 11 is 0. The number of benzene rings is 3. The number of aromatic hydroxyl groups is 2. The summed E-state index contributed by atoms with van der Waals surface area (Å²) in [6.45, 7) is 11.5. The van der Waals surface area contributed by atoms with Crippen LogP contribution >= 0.6 is 0 Å². The standard InChI is InChI=1S/C48H51N9O6/c1-5-49-46(60)45-52-51-44(37-24-36(29(2)3)39(58)25-40(37)59)57(45)35-14-12-31(13-15-35)27-53-19-16-32(17-20-53)47(61)55-21-22-56(30(4)26-55)48(62)63-41-11-8-9-33-23-34-28-54-18-7-6-10-38(54)42(34)50-43(33)41/h6-15,18,23-25,28-30,32,58-59H,5,16-17,19-22,26-27H2,1-4H3,(H,49,60). The lowest BCUT2D eigenvalue weighted by atomic mass is 9.94. The number of aromatic nitrogens is 5. The van der Waals surface area contributed by atoms with E-state index in [1.54, 1.807) is 21.6 Å². The summed E-state index contributed by atoms with van der Waals surface area (Å²) in [7, 11) is 0. The molecule has 3 amide bonds. The monoisotopic (exact) mass is 849 g/mol. The zero-order chi connectivity index (χ0) is 43.9. The van der Waals surface area contributed by atoms with Gasteiger partial charge in [0, 0.05) is 79.6 Å². The first-order valence-electron chi connectivity index (χ1n) is 21.6. The number of rotatable bonds is 9. The first-order valence-corrected chi connectivity index (χ1v) is 21.6. The topological polar surface area (TPSA) is 171 Å². The van der Waals surface area contributed by atoms with Crippen molar-refractivity contribution < 1.29 is 29.3 Å². The van der Waals surface area contributed by atoms with E-state index < -0.39 is 12.0 Å². The van der Waals surface area contributed by atoms with Gasteiger partial charge in [0.15, 0.2) is 11.6 Å². The highest BCUT2D eigenvalue weighted by molar-refractivity contribution is 6.02. The number of nitrogens with zero attached hydrogens (tertiary/aromatic N) is 8. The van der Waals surface area contributed by atoms with Gasteiger partial charge in [-0.15, -0.1) is 10.2 Å². The Morgan fingerprint density at radius 1 is 0.873 bits per heavy atom. The lowest BCUT2D eigenvalue weighted by molar-refractivity contribution is -0.139. The third-order valence-electron chi connectivity index (χ3n) is 12.4. The van der Waals surface area contributed by atoms with Crippen molar-refractivity contribution in [3.8, 4) is 34.3 Å². The molecule has 0 saturated carbocycles. The van der Waals surface area contributed by atoms with E-state index in [0.29, 0.717) is 60.8 Å². The number of likely N-dealkylation sites (tertiary alicyclic amines) is 1. The number of para-hydroxylation sites is 1. The molecular weight excluding hydrogens is 799 g/mol. The van der Waals surface area contributed by atoms with E-state index in [9.17, 15) is 24.6 Å². The highest BCUT2D eigenvalue weighted by atomic mass is 16.6. The average Bonchev–Trinajstić information content (AvgIpc) is 3.88. The van der Waals surface area contributed by atoms with Crippen LogP contribution in [0.5, 0.6) is 17.2 Å². The number of fused-ring (bicyclic) bond motifs is 4. The van der Waals surface area contributed by atoms with E-state index in [4.69, 9.17) is 9.72 Å². The lowest BCUT2D eigenvalue weighted by Gasteiger charge is -2.41. The SMILES string of the molecule is CCNC(=O)c1nnc(-c2cc(C(C)C)c(O)cc2O)n1-c1ccc(CN2CCC(C(=O)N3CCN(C(=O)Oc4cccc5cc6cn7ccccc7c6nc45)C(C)C3)CC2)cc1. The molecule has 3 aromatic carbocycles. The zero-order valence-corrected chi connectivity index (χ0v) is 35.9. The Balaban J connectivity index is 0.813. The van der Waals surface area contributed by atoms with Crippen LogP contribution in [0.2, 0.25) is 0 Å². The Bertz CT molecular complexity index is 2860. The minimum absolute atomic E-state index is 0.0180. The molecule has 7 aromatic rings. The molecule has 9 rings (SSSR count). The first-order chi connectivity index (χ1) is 30.5. The second kappa shape index (κ2) is 17.0. The Labute approximate surface area is 364 Å². The van der Waals surface area contributed by atoms with E-state index in [2.05, 4.69) is 26.5 Å². The summed E-state index contributed by atoms with van der Waals surface area (Å²) in [4.78, 5) is 51.4. The summed E-state index contributed by atoms with van der Waals surface area (Å²) in [6.07, 6.45) is 5.06. The van der Waals surface area contributed by atoms with Gasteiger partial charge >= 0.3 is 6.09 Å². The van der Waals surface area contributed by atoms with E-state index in [0.717, 1.165) is 53.3 Å². The van der Waals surface area contributed by atoms with E-state index in [1.165, 1.54) is 6.07 Å². The molecule has 2 fully saturated rings. The minimum atomic E-state index is -0.450. The normalized spacial score (nSPS) is 16.4. The number of hydrogen-bond acceptors (Lipinski definition) is 10. The van der Waals surface area contributed by atoms with Crippen LogP contribution < -0.4 is 10.1 Å². The van der Waals surface area contributed by atoms with Crippen molar-refractivity contribution in [3.63, 3.8) is 0 Å². The Hall–Kier alpha value is -7.00. The highest BCUT2D eigenvalue weighted by Crippen LogP contribution is 2.38. The van der Waals surface area contributed by atoms with Crippen molar-refractivity contribution in [3.05, 3.63) is 108 Å². The van der Waals surface area contributed by atoms with Gasteiger partial charge in [0.2, 0.25) is 11.7 Å². The number of carbonyl (C=O) groups is 3. The van der Waals surface area contributed by atoms with E-state index >= 15 is 0 Å². The van der Waals surface area contributed by atoms with Crippen LogP contribution in [-0.2, 0) is 11.3 Å². The van der Waals surface area contributed by atoms with Crippen molar-refractivity contribution in [2.45, 2.75) is 59.0 Å². The third-order valence-corrected chi connectivity index (χ3v) is 12.4. The molecule has 2 saturated heterocycles. The highest BCUT2D eigenvalue weighted by Gasteiger charge is 2.35. The summed E-state index contributed by atoms with van der Waals surface area (Å²) in [5.74, 6) is 0.182. The van der Waals surface area contributed by atoms with Crippen LogP contribution in [0.25, 0.3) is 44.4 Å². The molecule has 1 unspecified atom stereocenters. The summed E-state index contributed by atoms with van der Waals surface area (Å²) in [5, 5.41) is 34.6. The largest absolute Gasteiger partial charge is 0.508 e. The van der Waals surface area contributed by atoms with Gasteiger partial charge < -0.3 is 34.5 Å². The number of ether oxygens (including phenoxy) is 1. The molecule has 2 aliphatic rings. The van der Waals surface area contributed by atoms with Gasteiger partial charge in [0.1, 0.15) is 17.0 Å². The van der Waals surface area contributed by atoms with Crippen LogP contribution in [0.15, 0.2) is 91.3 Å². The van der Waals surface area contributed by atoms with Gasteiger partial charge in [-0.1, -0.05) is 44.2 Å². The number of phenolic OH excluding ortho intramolecular Hbond substituents is 2. The van der Waals surface area contributed by atoms with Gasteiger partial charge in [-0.05, 0) is 99.3 Å². The Morgan fingerprint density at radius 2 is 1.67 bits per heavy atom. The maximum Gasteiger partial charge on any atom is 0.415 e. The molecule has 15 heteroatoms. The lowest BCUT2D eigenvalue weighted by Crippen LogP contribution is -2.57. The number of piperidine rings is 1. The molecule has 2 aliphatic heterocycles. The van der Waals surface area contributed by atoms with Gasteiger partial charge in [-0.3, -0.25) is 19.1 Å². The smallest absolute Gasteiger partial charge is 0.415 e. The fourth-order valence-corrected chi connectivity index (χ4v) is 9.00. The summed E-state index contributed by atoms with van der Waals surface area (Å²) < 4.78 is 9.67. The predicted molar refractivity (Wildman–Crippen MR) is 239 cm³/mol. The minimum Gasteiger partial charge on any atom is -0.508 e. The summed E-state index contributed by atoms with van der Waals surface area (Å²) in [6, 6.07) is 24.2. The van der Waals surface area contributed by atoms with Crippen molar-refractivity contribution in [1.82, 2.24) is 44.2 Å². The van der Waals surface area contributed by atoms with Crippen LogP contribution in [0.4, 0.5) is 4.79 Å². The number of amides is 3. The quantitative estimate of drug-likeness (QED) is 0.136. The number of phenols is 2. The number of pyridine rings is 2. The van der Waals surface area contributed by atoms with Gasteiger partial charge in [-0.25, -0.2) is 9.78 Å². The number of hydrogen-bond donors (Lipinski definition) is 3. The second-order valence-electron chi connectivity index (χ2n) is 16.9. The summed E-state index contributed by atoms with van der Waals surface area (Å²) in [5.41, 5.74) is 5.14. The van der Waals surface area contributed by atoms with Crippen LogP contribution in [-0.4, -0.2) is 112 Å². The molecule has 63 heavy (non-hydrogen) atoms. The maximum absolute atomic E-state index is 13.8. The van der Waals surface area contributed by atoms with Gasteiger partial charge in [-0.2, -0.15) is 0 Å². The van der Waals surface area contributed by atoms with Crippen molar-refractivity contribution in [1.29, 1.82) is 0 Å². The molecule has 0 radical (unpaired) electrons. The molecule has 15 nitrogen and oxygen atoms in total. The van der Waals surface area contributed by atoms with E-state index in [-0.39, 0.29) is 46.9 Å². The van der Waals surface area contributed by atoms with Crippen LogP contribution in [0.1, 0.15) is 68.2 Å². The van der Waals surface area contributed by atoms with Crippen molar-refractivity contribution >= 4 is 45.2 Å². The molecule has 0 bridgehead atoms. The molecule has 0 aliphatic carbocycles. The fraction of sp³-hybridized carbons (Fsp3) is 0.333. The second-order valence-corrected chi connectivity index (χ2v) is 16.9. The maximum atomic E-state index is 13.8. The molecule has 0 spiro atoms. The molecule has 324 valence electrons. The van der Waals surface area contributed by atoms with Crippen molar-refractivity contribution in [2.24, 2.45) is 5.92 Å². The molecule has 4 aromatic heterocycles. The van der Waals surface area contributed by atoms with E-state index in [1.807, 2.05) is 104 Å². The number of carbonyl (C=O) groups excluding carboxylic acids is 3. The number of piperazine rings is 1. The van der Waals surface area contributed by atoms with Crippen molar-refractivity contribution in [2.75, 3.05) is 39.3 Å². The molecule has 6 heterocycles. The van der Waals surface area contributed by atoms with Crippen LogP contribution in [0, 0.1) is 5.92 Å². The Morgan fingerprint density at radius 3 is 2.41 bits per heavy atom.